The lowest BCUT2D eigenvalue weighted by molar-refractivity contribution is -0.219. The molecule has 1 saturated heterocycles. The van der Waals surface area contributed by atoms with Crippen LogP contribution >= 0.6 is 11.6 Å². The lowest BCUT2D eigenvalue weighted by atomic mass is 9.93. The molecular weight excluding hydrogens is 287 g/mol. The van der Waals surface area contributed by atoms with Crippen molar-refractivity contribution in [1.29, 1.82) is 0 Å². The predicted octanol–water partition coefficient (Wildman–Crippen LogP) is 0.847. The average molecular weight is 303 g/mol. The van der Waals surface area contributed by atoms with Crippen LogP contribution in [0.15, 0.2) is 18.2 Å². The smallest absolute Gasteiger partial charge is 0.255 e. The van der Waals surface area contributed by atoms with Crippen molar-refractivity contribution in [3.05, 3.63) is 34.6 Å². The van der Waals surface area contributed by atoms with E-state index >= 15 is 0 Å². The molecule has 1 aliphatic heterocycles. The van der Waals surface area contributed by atoms with Crippen LogP contribution in [0.3, 0.4) is 0 Å². The van der Waals surface area contributed by atoms with Crippen LogP contribution in [0.2, 0.25) is 5.02 Å². The van der Waals surface area contributed by atoms with Crippen LogP contribution in [-0.2, 0) is 0 Å². The highest BCUT2D eigenvalue weighted by atomic mass is 35.5. The lowest BCUT2D eigenvalue weighted by Crippen LogP contribution is -2.56. The quantitative estimate of drug-likeness (QED) is 0.624. The Labute approximate surface area is 120 Å². The fourth-order valence-corrected chi connectivity index (χ4v) is 2.47. The highest BCUT2D eigenvalue weighted by Crippen LogP contribution is 2.22. The van der Waals surface area contributed by atoms with Crippen molar-refractivity contribution in [2.24, 2.45) is 5.92 Å². The molecule has 1 aromatic rings. The van der Waals surface area contributed by atoms with E-state index in [1.54, 1.807) is 0 Å². The molecule has 0 aromatic heterocycles. The highest BCUT2D eigenvalue weighted by Gasteiger charge is 2.37. The molecule has 7 heteroatoms. The number of aliphatic hydroxyl groups is 2. The number of piperidine rings is 1. The summed E-state index contributed by atoms with van der Waals surface area (Å²) in [5, 5.41) is 25.2. The molecule has 1 aromatic carbocycles. The Balaban J connectivity index is 2.09. The third-order valence-electron chi connectivity index (χ3n) is 3.33. The van der Waals surface area contributed by atoms with Gasteiger partial charge in [-0.2, -0.15) is 0 Å². The Morgan fingerprint density at radius 3 is 2.60 bits per heavy atom. The van der Waals surface area contributed by atoms with Crippen LogP contribution in [0.1, 0.15) is 23.2 Å². The van der Waals surface area contributed by atoms with E-state index in [1.165, 1.54) is 6.07 Å². The van der Waals surface area contributed by atoms with Crippen LogP contribution in [0, 0.1) is 11.7 Å². The van der Waals surface area contributed by atoms with Gasteiger partial charge in [0.1, 0.15) is 5.82 Å². The number of hydrogen-bond acceptors (Lipinski definition) is 4. The zero-order valence-electron chi connectivity index (χ0n) is 10.7. The first-order chi connectivity index (χ1) is 9.38. The number of carbonyl (C=O) groups is 1. The van der Waals surface area contributed by atoms with Gasteiger partial charge in [-0.25, -0.2) is 4.39 Å². The average Bonchev–Trinajstić information content (AvgIpc) is 2.38. The second kappa shape index (κ2) is 6.05. The normalized spacial score (nSPS) is 17.0. The standard InChI is InChI=1S/C13H16ClFN2O3/c14-10-5-8(6-11(15)7-10)12(18)17-13(19,20)9-1-3-16-4-2-9/h5-7,9,16,19-20H,1-4H2,(H,17,18). The fourth-order valence-electron chi connectivity index (χ4n) is 2.25. The van der Waals surface area contributed by atoms with E-state index in [1.807, 2.05) is 0 Å². The summed E-state index contributed by atoms with van der Waals surface area (Å²) in [6.45, 7) is 1.30. The third kappa shape index (κ3) is 3.67. The Bertz CT molecular complexity index is 484. The fraction of sp³-hybridized carbons (Fsp3) is 0.462. The summed E-state index contributed by atoms with van der Waals surface area (Å²) in [5.41, 5.74) is -0.0589. The van der Waals surface area contributed by atoms with E-state index in [4.69, 9.17) is 11.6 Å². The molecule has 1 fully saturated rings. The van der Waals surface area contributed by atoms with E-state index in [-0.39, 0.29) is 10.6 Å². The maximum Gasteiger partial charge on any atom is 0.255 e. The van der Waals surface area contributed by atoms with Gasteiger partial charge in [-0.3, -0.25) is 4.79 Å². The highest BCUT2D eigenvalue weighted by molar-refractivity contribution is 6.31. The molecule has 0 radical (unpaired) electrons. The topological polar surface area (TPSA) is 81.6 Å². The molecule has 1 amide bonds. The number of nitrogens with one attached hydrogen (secondary N) is 2. The molecule has 0 unspecified atom stereocenters. The van der Waals surface area contributed by atoms with Gasteiger partial charge in [-0.05, 0) is 44.1 Å². The number of halogens is 2. The minimum absolute atomic E-state index is 0.0589. The molecule has 110 valence electrons. The largest absolute Gasteiger partial charge is 0.349 e. The van der Waals surface area contributed by atoms with Crippen LogP contribution in [0.25, 0.3) is 0 Å². The summed E-state index contributed by atoms with van der Waals surface area (Å²) in [6.07, 6.45) is 1.05. The molecule has 0 aliphatic carbocycles. The predicted molar refractivity (Wildman–Crippen MR) is 71.6 cm³/mol. The Kier molecular flexibility index (Phi) is 4.59. The molecule has 4 N–H and O–H groups in total. The van der Waals surface area contributed by atoms with Crippen LogP contribution < -0.4 is 10.6 Å². The minimum Gasteiger partial charge on any atom is -0.349 e. The van der Waals surface area contributed by atoms with Gasteiger partial charge in [0, 0.05) is 16.5 Å². The molecule has 1 heterocycles. The lowest BCUT2D eigenvalue weighted by Gasteiger charge is -2.34. The van der Waals surface area contributed by atoms with Crippen molar-refractivity contribution >= 4 is 17.5 Å². The molecular formula is C13H16ClFN2O3. The maximum absolute atomic E-state index is 13.2. The number of amides is 1. The molecule has 5 nitrogen and oxygen atoms in total. The number of benzene rings is 1. The summed E-state index contributed by atoms with van der Waals surface area (Å²) < 4.78 is 13.2. The molecule has 0 spiro atoms. The van der Waals surface area contributed by atoms with Gasteiger partial charge < -0.3 is 20.8 Å². The van der Waals surface area contributed by atoms with Crippen molar-refractivity contribution < 1.29 is 19.4 Å². The van der Waals surface area contributed by atoms with Gasteiger partial charge in [0.25, 0.3) is 5.91 Å². The number of hydrogen-bond donors (Lipinski definition) is 4. The summed E-state index contributed by atoms with van der Waals surface area (Å²) in [6, 6.07) is 3.31. The second-order valence-electron chi connectivity index (χ2n) is 4.86. The monoisotopic (exact) mass is 302 g/mol. The van der Waals surface area contributed by atoms with Gasteiger partial charge in [0.05, 0.1) is 0 Å². The molecule has 2 rings (SSSR count). The van der Waals surface area contributed by atoms with Crippen LogP contribution in [0.5, 0.6) is 0 Å². The first-order valence-electron chi connectivity index (χ1n) is 6.32. The van der Waals surface area contributed by atoms with Crippen molar-refractivity contribution in [3.63, 3.8) is 0 Å². The van der Waals surface area contributed by atoms with Crippen molar-refractivity contribution in [2.45, 2.75) is 18.8 Å². The van der Waals surface area contributed by atoms with E-state index < -0.39 is 23.6 Å². The molecule has 0 bridgehead atoms. The van der Waals surface area contributed by atoms with Gasteiger partial charge in [0.2, 0.25) is 5.91 Å². The van der Waals surface area contributed by atoms with E-state index in [2.05, 4.69) is 10.6 Å². The van der Waals surface area contributed by atoms with Crippen molar-refractivity contribution in [2.75, 3.05) is 13.1 Å². The molecule has 0 atom stereocenters. The zero-order chi connectivity index (χ0) is 14.8. The maximum atomic E-state index is 13.2. The Hall–Kier alpha value is -1.21. The van der Waals surface area contributed by atoms with Crippen molar-refractivity contribution in [3.8, 4) is 0 Å². The molecule has 0 saturated carbocycles. The summed E-state index contributed by atoms with van der Waals surface area (Å²) in [5.74, 6) is -4.24. The zero-order valence-corrected chi connectivity index (χ0v) is 11.5. The SMILES string of the molecule is O=C(NC(O)(O)C1CCNCC1)c1cc(F)cc(Cl)c1. The molecule has 20 heavy (non-hydrogen) atoms. The van der Waals surface area contributed by atoms with E-state index in [9.17, 15) is 19.4 Å². The summed E-state index contributed by atoms with van der Waals surface area (Å²) in [4.78, 5) is 11.9. The van der Waals surface area contributed by atoms with E-state index in [0.29, 0.717) is 25.9 Å². The van der Waals surface area contributed by atoms with Crippen LogP contribution in [-0.4, -0.2) is 35.1 Å². The van der Waals surface area contributed by atoms with Crippen molar-refractivity contribution in [1.82, 2.24) is 10.6 Å². The third-order valence-corrected chi connectivity index (χ3v) is 3.55. The minimum atomic E-state index is -2.32. The summed E-state index contributed by atoms with van der Waals surface area (Å²) >= 11 is 5.66. The number of rotatable bonds is 3. The second-order valence-corrected chi connectivity index (χ2v) is 5.30. The summed E-state index contributed by atoms with van der Waals surface area (Å²) in [7, 11) is 0. The van der Waals surface area contributed by atoms with Crippen LogP contribution in [0.4, 0.5) is 4.39 Å². The first-order valence-corrected chi connectivity index (χ1v) is 6.70. The number of carbonyl (C=O) groups excluding carboxylic acids is 1. The Morgan fingerprint density at radius 1 is 1.35 bits per heavy atom. The van der Waals surface area contributed by atoms with Gasteiger partial charge in [0.15, 0.2) is 0 Å². The van der Waals surface area contributed by atoms with Gasteiger partial charge in [-0.15, -0.1) is 0 Å². The van der Waals surface area contributed by atoms with Gasteiger partial charge >= 0.3 is 0 Å². The van der Waals surface area contributed by atoms with Gasteiger partial charge in [-0.1, -0.05) is 11.6 Å². The Morgan fingerprint density at radius 2 is 2.00 bits per heavy atom. The first kappa shape index (κ1) is 15.2. The molecule has 1 aliphatic rings. The van der Waals surface area contributed by atoms with E-state index in [0.717, 1.165) is 12.1 Å².